The molecule has 2 atom stereocenters. The van der Waals surface area contributed by atoms with Crippen LogP contribution in [0.3, 0.4) is 0 Å². The number of hydrogen-bond donors (Lipinski definition) is 1. The summed E-state index contributed by atoms with van der Waals surface area (Å²) in [5, 5.41) is 3.19. The van der Waals surface area contributed by atoms with Gasteiger partial charge >= 0.3 is 0 Å². The molecule has 0 aliphatic carbocycles. The van der Waals surface area contributed by atoms with Crippen LogP contribution < -0.4 is 5.32 Å². The monoisotopic (exact) mass is 233 g/mol. The van der Waals surface area contributed by atoms with E-state index in [1.165, 1.54) is 11.3 Å². The number of halogens is 2. The minimum Gasteiger partial charge on any atom is -0.316 e. The van der Waals surface area contributed by atoms with Gasteiger partial charge in [0.1, 0.15) is 5.67 Å². The third-order valence-electron chi connectivity index (χ3n) is 2.88. The van der Waals surface area contributed by atoms with Crippen molar-refractivity contribution in [3.63, 3.8) is 0 Å². The second-order valence-corrected chi connectivity index (χ2v) is 5.58. The molecule has 2 rings (SSSR count). The van der Waals surface area contributed by atoms with E-state index in [0.717, 1.165) is 24.4 Å². The van der Waals surface area contributed by atoms with E-state index in [4.69, 9.17) is 11.6 Å². The van der Waals surface area contributed by atoms with Crippen LogP contribution in [0.2, 0.25) is 4.34 Å². The van der Waals surface area contributed by atoms with Crippen LogP contribution in [0, 0.1) is 5.92 Å². The van der Waals surface area contributed by atoms with E-state index in [0.29, 0.717) is 4.34 Å². The zero-order chi connectivity index (χ0) is 10.2. The Morgan fingerprint density at radius 2 is 2.43 bits per heavy atom. The molecule has 1 N–H and O–H groups in total. The second kappa shape index (κ2) is 3.80. The average molecular weight is 234 g/mol. The lowest BCUT2D eigenvalue weighted by atomic mass is 9.89. The Kier molecular flexibility index (Phi) is 2.82. The van der Waals surface area contributed by atoms with Gasteiger partial charge in [-0.2, -0.15) is 0 Å². The summed E-state index contributed by atoms with van der Waals surface area (Å²) in [5.74, 6) is 0.0808. The van der Waals surface area contributed by atoms with E-state index in [-0.39, 0.29) is 5.92 Å². The summed E-state index contributed by atoms with van der Waals surface area (Å²) >= 11 is 7.15. The molecule has 14 heavy (non-hydrogen) atoms. The molecule has 2 unspecified atom stereocenters. The van der Waals surface area contributed by atoms with Crippen LogP contribution in [-0.2, 0) is 5.67 Å². The molecule has 1 aliphatic rings. The second-order valence-electron chi connectivity index (χ2n) is 3.87. The topological polar surface area (TPSA) is 12.0 Å². The molecule has 1 nitrogen and oxygen atoms in total. The first-order valence-electron chi connectivity index (χ1n) is 4.76. The minimum absolute atomic E-state index is 0.0808. The number of hydrogen-bond acceptors (Lipinski definition) is 2. The van der Waals surface area contributed by atoms with Gasteiger partial charge in [0, 0.05) is 17.3 Å². The molecule has 1 saturated heterocycles. The van der Waals surface area contributed by atoms with Gasteiger partial charge in [0.05, 0.1) is 4.34 Å². The molecule has 1 aliphatic heterocycles. The summed E-state index contributed by atoms with van der Waals surface area (Å²) in [6, 6.07) is 3.56. The van der Waals surface area contributed by atoms with E-state index in [2.05, 4.69) is 5.32 Å². The fraction of sp³-hybridized carbons (Fsp3) is 0.600. The third kappa shape index (κ3) is 1.81. The van der Waals surface area contributed by atoms with Crippen molar-refractivity contribution in [1.29, 1.82) is 0 Å². The van der Waals surface area contributed by atoms with Crippen LogP contribution in [0.1, 0.15) is 18.2 Å². The van der Waals surface area contributed by atoms with Crippen LogP contribution in [-0.4, -0.2) is 13.1 Å². The molecule has 0 spiro atoms. The highest BCUT2D eigenvalue weighted by atomic mass is 35.5. The van der Waals surface area contributed by atoms with Gasteiger partial charge in [-0.25, -0.2) is 4.39 Å². The van der Waals surface area contributed by atoms with Crippen LogP contribution >= 0.6 is 22.9 Å². The standard InChI is InChI=1S/C10H13ClFNS/c1-10(12,7-4-5-13-6-7)8-2-3-9(11)14-8/h2-3,7,13H,4-6H2,1H3. The number of rotatable bonds is 2. The lowest BCUT2D eigenvalue weighted by Crippen LogP contribution is -2.27. The van der Waals surface area contributed by atoms with Gasteiger partial charge in [0.2, 0.25) is 0 Å². The molecule has 0 bridgehead atoms. The molecule has 0 amide bonds. The van der Waals surface area contributed by atoms with Gasteiger partial charge in [-0.1, -0.05) is 11.6 Å². The van der Waals surface area contributed by atoms with Crippen molar-refractivity contribution >= 4 is 22.9 Å². The first-order valence-corrected chi connectivity index (χ1v) is 5.95. The maximum absolute atomic E-state index is 14.5. The molecule has 1 aromatic rings. The summed E-state index contributed by atoms with van der Waals surface area (Å²) in [4.78, 5) is 0.746. The molecule has 0 saturated carbocycles. The molecular weight excluding hydrogens is 221 g/mol. The molecule has 78 valence electrons. The highest BCUT2D eigenvalue weighted by Gasteiger charge is 2.38. The summed E-state index contributed by atoms with van der Waals surface area (Å²) in [5.41, 5.74) is -1.23. The lowest BCUT2D eigenvalue weighted by molar-refractivity contribution is 0.117. The SMILES string of the molecule is CC(F)(c1ccc(Cl)s1)C1CCNC1. The van der Waals surface area contributed by atoms with Crippen molar-refractivity contribution < 1.29 is 4.39 Å². The Morgan fingerprint density at radius 1 is 1.64 bits per heavy atom. The average Bonchev–Trinajstić information content (AvgIpc) is 2.72. The summed E-state index contributed by atoms with van der Waals surface area (Å²) in [6.45, 7) is 3.35. The minimum atomic E-state index is -1.23. The van der Waals surface area contributed by atoms with Crippen molar-refractivity contribution in [3.05, 3.63) is 21.3 Å². The Labute approximate surface area is 92.3 Å². The number of alkyl halides is 1. The maximum atomic E-state index is 14.5. The Morgan fingerprint density at radius 3 is 2.93 bits per heavy atom. The van der Waals surface area contributed by atoms with Gasteiger partial charge in [-0.15, -0.1) is 11.3 Å². The van der Waals surface area contributed by atoms with Gasteiger partial charge in [0.15, 0.2) is 0 Å². The number of nitrogens with one attached hydrogen (secondary N) is 1. The van der Waals surface area contributed by atoms with E-state index in [9.17, 15) is 4.39 Å². The largest absolute Gasteiger partial charge is 0.316 e. The summed E-state index contributed by atoms with van der Waals surface area (Å²) in [6.07, 6.45) is 0.905. The lowest BCUT2D eigenvalue weighted by Gasteiger charge is -2.25. The van der Waals surface area contributed by atoms with Gasteiger partial charge in [-0.05, 0) is 32.0 Å². The van der Waals surface area contributed by atoms with Gasteiger partial charge in [-0.3, -0.25) is 0 Å². The van der Waals surface area contributed by atoms with E-state index < -0.39 is 5.67 Å². The van der Waals surface area contributed by atoms with Crippen molar-refractivity contribution in [1.82, 2.24) is 5.32 Å². The normalized spacial score (nSPS) is 26.4. The Hall–Kier alpha value is -0.120. The predicted molar refractivity (Wildman–Crippen MR) is 58.8 cm³/mol. The molecule has 0 aromatic carbocycles. The molecular formula is C10H13ClFNS. The van der Waals surface area contributed by atoms with E-state index in [1.54, 1.807) is 19.1 Å². The molecule has 4 heteroatoms. The fourth-order valence-corrected chi connectivity index (χ4v) is 3.06. The molecule has 2 heterocycles. The van der Waals surface area contributed by atoms with Gasteiger partial charge in [0.25, 0.3) is 0 Å². The van der Waals surface area contributed by atoms with Crippen molar-refractivity contribution in [3.8, 4) is 0 Å². The molecule has 1 fully saturated rings. The zero-order valence-electron chi connectivity index (χ0n) is 8.02. The highest BCUT2D eigenvalue weighted by Crippen LogP contribution is 2.41. The van der Waals surface area contributed by atoms with E-state index in [1.807, 2.05) is 0 Å². The maximum Gasteiger partial charge on any atom is 0.146 e. The first-order chi connectivity index (χ1) is 6.60. The predicted octanol–water partition coefficient (Wildman–Crippen LogP) is 3.20. The molecule has 0 radical (unpaired) electrons. The van der Waals surface area contributed by atoms with Gasteiger partial charge < -0.3 is 5.32 Å². The van der Waals surface area contributed by atoms with Crippen molar-refractivity contribution in [2.24, 2.45) is 5.92 Å². The fourth-order valence-electron chi connectivity index (χ4n) is 1.90. The number of thiophene rings is 1. The van der Waals surface area contributed by atoms with E-state index >= 15 is 0 Å². The zero-order valence-corrected chi connectivity index (χ0v) is 9.59. The van der Waals surface area contributed by atoms with Crippen molar-refractivity contribution in [2.45, 2.75) is 19.0 Å². The smallest absolute Gasteiger partial charge is 0.146 e. The summed E-state index contributed by atoms with van der Waals surface area (Å²) < 4.78 is 15.1. The first kappa shape index (κ1) is 10.4. The quantitative estimate of drug-likeness (QED) is 0.827. The van der Waals surface area contributed by atoms with Crippen LogP contribution in [0.4, 0.5) is 4.39 Å². The van der Waals surface area contributed by atoms with Crippen LogP contribution in [0.15, 0.2) is 12.1 Å². The van der Waals surface area contributed by atoms with Crippen LogP contribution in [0.25, 0.3) is 0 Å². The Balaban J connectivity index is 2.22. The molecule has 1 aromatic heterocycles. The Bertz CT molecular complexity index is 318. The third-order valence-corrected chi connectivity index (χ3v) is 4.33. The van der Waals surface area contributed by atoms with Crippen molar-refractivity contribution in [2.75, 3.05) is 13.1 Å². The summed E-state index contributed by atoms with van der Waals surface area (Å²) in [7, 11) is 0. The van der Waals surface area contributed by atoms with Crippen LogP contribution in [0.5, 0.6) is 0 Å². The highest BCUT2D eigenvalue weighted by molar-refractivity contribution is 7.16.